The van der Waals surface area contributed by atoms with E-state index in [4.69, 9.17) is 14.2 Å². The lowest BCUT2D eigenvalue weighted by Crippen LogP contribution is -2.04. The maximum atomic E-state index is 5.36. The van der Waals surface area contributed by atoms with E-state index >= 15 is 0 Å². The Morgan fingerprint density at radius 2 is 1.80 bits per heavy atom. The summed E-state index contributed by atoms with van der Waals surface area (Å²) in [6, 6.07) is 9.40. The van der Waals surface area contributed by atoms with Gasteiger partial charge in [-0.05, 0) is 24.3 Å². The average molecular weight is 274 g/mol. The molecule has 0 atom stereocenters. The number of rotatable bonds is 6. The highest BCUT2D eigenvalue weighted by Gasteiger charge is 2.07. The predicted molar refractivity (Wildman–Crippen MR) is 77.7 cm³/mol. The van der Waals surface area contributed by atoms with Gasteiger partial charge in [0.1, 0.15) is 11.5 Å². The zero-order valence-electron chi connectivity index (χ0n) is 11.8. The van der Waals surface area contributed by atoms with Crippen molar-refractivity contribution in [3.8, 4) is 17.2 Å². The molecular weight excluding hydrogens is 256 g/mol. The molecule has 0 unspecified atom stereocenters. The molecule has 0 aliphatic rings. The van der Waals surface area contributed by atoms with Crippen LogP contribution >= 0.6 is 0 Å². The lowest BCUT2D eigenvalue weighted by Gasteiger charge is -2.13. The quantitative estimate of drug-likeness (QED) is 0.877. The Morgan fingerprint density at radius 3 is 2.50 bits per heavy atom. The van der Waals surface area contributed by atoms with E-state index in [0.29, 0.717) is 18.1 Å². The van der Waals surface area contributed by atoms with Crippen molar-refractivity contribution < 1.29 is 14.2 Å². The monoisotopic (exact) mass is 274 g/mol. The zero-order chi connectivity index (χ0) is 14.4. The van der Waals surface area contributed by atoms with E-state index in [1.165, 1.54) is 0 Å². The summed E-state index contributed by atoms with van der Waals surface area (Å²) in [6.45, 7) is 0.584. The number of aromatic nitrogens is 1. The Morgan fingerprint density at radius 1 is 1.00 bits per heavy atom. The Bertz CT molecular complexity index is 573. The summed E-state index contributed by atoms with van der Waals surface area (Å²) in [4.78, 5) is 4.25. The summed E-state index contributed by atoms with van der Waals surface area (Å²) >= 11 is 0. The first-order valence-electron chi connectivity index (χ1n) is 6.22. The first-order chi connectivity index (χ1) is 9.78. The molecule has 0 saturated heterocycles. The van der Waals surface area contributed by atoms with Crippen molar-refractivity contribution in [2.45, 2.75) is 6.54 Å². The second kappa shape index (κ2) is 6.65. The topological polar surface area (TPSA) is 52.6 Å². The van der Waals surface area contributed by atoms with Crippen molar-refractivity contribution in [1.82, 2.24) is 4.98 Å². The molecule has 1 aromatic carbocycles. The summed E-state index contributed by atoms with van der Waals surface area (Å²) in [5.74, 6) is 2.95. The van der Waals surface area contributed by atoms with Gasteiger partial charge in [-0.1, -0.05) is 0 Å². The van der Waals surface area contributed by atoms with E-state index in [0.717, 1.165) is 17.1 Å². The van der Waals surface area contributed by atoms with E-state index in [9.17, 15) is 0 Å². The molecule has 0 spiro atoms. The largest absolute Gasteiger partial charge is 0.497 e. The van der Waals surface area contributed by atoms with Gasteiger partial charge in [0.05, 0.1) is 21.3 Å². The maximum absolute atomic E-state index is 5.36. The zero-order valence-corrected chi connectivity index (χ0v) is 11.8. The Hall–Kier alpha value is -2.43. The van der Waals surface area contributed by atoms with Crippen molar-refractivity contribution in [2.75, 3.05) is 26.6 Å². The minimum absolute atomic E-state index is 0.584. The lowest BCUT2D eigenvalue weighted by molar-refractivity contribution is 0.391. The highest BCUT2D eigenvalue weighted by Crippen LogP contribution is 2.26. The fraction of sp³-hybridized carbons (Fsp3) is 0.267. The smallest absolute Gasteiger partial charge is 0.169 e. The highest BCUT2D eigenvalue weighted by atomic mass is 16.5. The number of benzene rings is 1. The van der Waals surface area contributed by atoms with Crippen molar-refractivity contribution >= 4 is 5.82 Å². The highest BCUT2D eigenvalue weighted by molar-refractivity contribution is 5.51. The van der Waals surface area contributed by atoms with Gasteiger partial charge in [-0.2, -0.15) is 0 Å². The van der Waals surface area contributed by atoms with Crippen LogP contribution < -0.4 is 19.5 Å². The van der Waals surface area contributed by atoms with Crippen LogP contribution in [0.25, 0.3) is 0 Å². The molecule has 2 rings (SSSR count). The van der Waals surface area contributed by atoms with Gasteiger partial charge in [-0.3, -0.25) is 0 Å². The van der Waals surface area contributed by atoms with E-state index in [1.54, 1.807) is 27.5 Å². The molecule has 1 aromatic heterocycles. The van der Waals surface area contributed by atoms with E-state index < -0.39 is 0 Å². The van der Waals surface area contributed by atoms with Gasteiger partial charge in [0.15, 0.2) is 11.6 Å². The number of nitrogens with zero attached hydrogens (tertiary/aromatic N) is 1. The summed E-state index contributed by atoms with van der Waals surface area (Å²) in [5.41, 5.74) is 1.01. The van der Waals surface area contributed by atoms with Gasteiger partial charge in [0, 0.05) is 24.4 Å². The first-order valence-corrected chi connectivity index (χ1v) is 6.22. The van der Waals surface area contributed by atoms with Crippen molar-refractivity contribution in [1.29, 1.82) is 0 Å². The van der Waals surface area contributed by atoms with Gasteiger partial charge in [-0.15, -0.1) is 0 Å². The summed E-state index contributed by atoms with van der Waals surface area (Å²) in [7, 11) is 4.89. The molecule has 106 valence electrons. The Labute approximate surface area is 118 Å². The molecule has 5 heteroatoms. The molecule has 20 heavy (non-hydrogen) atoms. The molecule has 5 nitrogen and oxygen atoms in total. The number of ether oxygens (including phenoxy) is 3. The predicted octanol–water partition coefficient (Wildman–Crippen LogP) is 2.72. The van der Waals surface area contributed by atoms with Crippen LogP contribution in [0.4, 0.5) is 5.82 Å². The summed E-state index contributed by atoms with van der Waals surface area (Å²) in [6.07, 6.45) is 1.72. The molecule has 0 fully saturated rings. The Kier molecular flexibility index (Phi) is 4.65. The van der Waals surface area contributed by atoms with Crippen LogP contribution in [0.3, 0.4) is 0 Å². The average Bonchev–Trinajstić information content (AvgIpc) is 2.52. The van der Waals surface area contributed by atoms with Gasteiger partial charge < -0.3 is 19.5 Å². The van der Waals surface area contributed by atoms with Crippen molar-refractivity contribution in [3.63, 3.8) is 0 Å². The molecular formula is C15H18N2O3. The first kappa shape index (κ1) is 14.0. The van der Waals surface area contributed by atoms with Gasteiger partial charge in [0.2, 0.25) is 0 Å². The molecule has 0 aliphatic heterocycles. The minimum atomic E-state index is 0.584. The second-order valence-corrected chi connectivity index (χ2v) is 4.09. The second-order valence-electron chi connectivity index (χ2n) is 4.09. The van der Waals surface area contributed by atoms with E-state index in [2.05, 4.69) is 10.3 Å². The van der Waals surface area contributed by atoms with Crippen LogP contribution in [0.2, 0.25) is 0 Å². The molecule has 0 bridgehead atoms. The lowest BCUT2D eigenvalue weighted by atomic mass is 10.2. The fourth-order valence-corrected chi connectivity index (χ4v) is 1.86. The van der Waals surface area contributed by atoms with E-state index in [-0.39, 0.29) is 0 Å². The van der Waals surface area contributed by atoms with Crippen LogP contribution in [-0.2, 0) is 6.54 Å². The number of methoxy groups -OCH3 is 3. The number of nitrogens with one attached hydrogen (secondary N) is 1. The number of hydrogen-bond acceptors (Lipinski definition) is 5. The van der Waals surface area contributed by atoms with Gasteiger partial charge in [-0.25, -0.2) is 4.98 Å². The van der Waals surface area contributed by atoms with Gasteiger partial charge in [0.25, 0.3) is 0 Å². The molecule has 1 N–H and O–H groups in total. The van der Waals surface area contributed by atoms with Crippen LogP contribution in [0.1, 0.15) is 5.56 Å². The molecule has 0 saturated carbocycles. The van der Waals surface area contributed by atoms with Crippen LogP contribution in [0.15, 0.2) is 36.5 Å². The summed E-state index contributed by atoms with van der Waals surface area (Å²) < 4.78 is 15.8. The minimum Gasteiger partial charge on any atom is -0.497 e. The molecule has 2 aromatic rings. The molecule has 1 heterocycles. The molecule has 0 radical (unpaired) electrons. The van der Waals surface area contributed by atoms with Gasteiger partial charge >= 0.3 is 0 Å². The van der Waals surface area contributed by atoms with Crippen LogP contribution in [-0.4, -0.2) is 26.3 Å². The standard InChI is InChI=1S/C15H18N2O3/c1-18-12-7-6-11(14(9-12)20-3)10-17-15-13(19-2)5-4-8-16-15/h4-9H,10H2,1-3H3,(H,16,17). The third kappa shape index (κ3) is 3.12. The van der Waals surface area contributed by atoms with E-state index in [1.807, 2.05) is 30.3 Å². The van der Waals surface area contributed by atoms with Crippen LogP contribution in [0.5, 0.6) is 17.2 Å². The fourth-order valence-electron chi connectivity index (χ4n) is 1.86. The Balaban J connectivity index is 2.14. The number of pyridine rings is 1. The molecule has 0 amide bonds. The number of hydrogen-bond donors (Lipinski definition) is 1. The molecule has 0 aliphatic carbocycles. The third-order valence-corrected chi connectivity index (χ3v) is 2.93. The third-order valence-electron chi connectivity index (χ3n) is 2.93. The van der Waals surface area contributed by atoms with Crippen LogP contribution in [0, 0.1) is 0 Å². The van der Waals surface area contributed by atoms with Crippen molar-refractivity contribution in [2.24, 2.45) is 0 Å². The SMILES string of the molecule is COc1ccc(CNc2ncccc2OC)c(OC)c1. The maximum Gasteiger partial charge on any atom is 0.169 e. The normalized spacial score (nSPS) is 9.95. The van der Waals surface area contributed by atoms with Crippen molar-refractivity contribution in [3.05, 3.63) is 42.1 Å². The summed E-state index contributed by atoms with van der Waals surface area (Å²) in [5, 5.41) is 3.24. The number of anilines is 1.